The highest BCUT2D eigenvalue weighted by molar-refractivity contribution is 5.88. The van der Waals surface area contributed by atoms with Gasteiger partial charge in [-0.1, -0.05) is 5.21 Å². The molecule has 6 heteroatoms. The van der Waals surface area contributed by atoms with Crippen LogP contribution in [0.2, 0.25) is 0 Å². The Labute approximate surface area is 84.6 Å². The lowest BCUT2D eigenvalue weighted by molar-refractivity contribution is 0.0685. The monoisotopic (exact) mass is 204 g/mol. The summed E-state index contributed by atoms with van der Waals surface area (Å²) in [5.74, 6) is -0.646. The average molecular weight is 204 g/mol. The Morgan fingerprint density at radius 3 is 2.93 bits per heavy atom. The van der Waals surface area contributed by atoms with Crippen LogP contribution < -0.4 is 0 Å². The lowest BCUT2D eigenvalue weighted by atomic mass is 10.1. The summed E-state index contributed by atoms with van der Waals surface area (Å²) < 4.78 is 1.29. The standard InChI is InChI=1S/C9H8N4O2/c14-9(15)8-6(5-1-2-5)3-10-7-4-11-12-13(7)8/h3-5H,1-2H2,(H,14,15). The molecule has 3 rings (SSSR count). The molecule has 0 aromatic carbocycles. The number of rotatable bonds is 2. The maximum atomic E-state index is 11.1. The van der Waals surface area contributed by atoms with Crippen molar-refractivity contribution in [1.82, 2.24) is 19.8 Å². The summed E-state index contributed by atoms with van der Waals surface area (Å²) in [6.45, 7) is 0. The van der Waals surface area contributed by atoms with Gasteiger partial charge in [0.25, 0.3) is 0 Å². The van der Waals surface area contributed by atoms with Crippen molar-refractivity contribution in [3.8, 4) is 0 Å². The molecule has 2 heterocycles. The average Bonchev–Trinajstić information content (AvgIpc) is 2.94. The van der Waals surface area contributed by atoms with Gasteiger partial charge in [-0.3, -0.25) is 0 Å². The molecule has 0 radical (unpaired) electrons. The Morgan fingerprint density at radius 1 is 1.47 bits per heavy atom. The summed E-state index contributed by atoms with van der Waals surface area (Å²) >= 11 is 0. The lowest BCUT2D eigenvalue weighted by Crippen LogP contribution is -2.11. The van der Waals surface area contributed by atoms with Crippen molar-refractivity contribution in [2.75, 3.05) is 0 Å². The van der Waals surface area contributed by atoms with Crippen LogP contribution in [0.5, 0.6) is 0 Å². The molecule has 0 spiro atoms. The summed E-state index contributed by atoms with van der Waals surface area (Å²) in [5, 5.41) is 16.5. The van der Waals surface area contributed by atoms with Crippen molar-refractivity contribution >= 4 is 11.6 Å². The third kappa shape index (κ3) is 1.18. The van der Waals surface area contributed by atoms with Crippen LogP contribution >= 0.6 is 0 Å². The van der Waals surface area contributed by atoms with E-state index in [2.05, 4.69) is 15.3 Å². The van der Waals surface area contributed by atoms with Crippen LogP contribution in [0.1, 0.15) is 34.8 Å². The molecule has 76 valence electrons. The highest BCUT2D eigenvalue weighted by atomic mass is 16.4. The maximum Gasteiger partial charge on any atom is 0.355 e. The van der Waals surface area contributed by atoms with Gasteiger partial charge in [-0.05, 0) is 18.8 Å². The third-order valence-corrected chi connectivity index (χ3v) is 2.57. The van der Waals surface area contributed by atoms with Gasteiger partial charge in [0.1, 0.15) is 0 Å². The van der Waals surface area contributed by atoms with E-state index >= 15 is 0 Å². The predicted molar refractivity (Wildman–Crippen MR) is 49.7 cm³/mol. The van der Waals surface area contributed by atoms with Gasteiger partial charge >= 0.3 is 5.97 Å². The fourth-order valence-corrected chi connectivity index (χ4v) is 1.70. The fourth-order valence-electron chi connectivity index (χ4n) is 1.70. The van der Waals surface area contributed by atoms with E-state index in [1.807, 2.05) is 0 Å². The zero-order valence-electron chi connectivity index (χ0n) is 7.79. The molecular weight excluding hydrogens is 196 g/mol. The Bertz CT molecular complexity index is 544. The van der Waals surface area contributed by atoms with Crippen LogP contribution in [0.4, 0.5) is 0 Å². The molecule has 1 fully saturated rings. The van der Waals surface area contributed by atoms with E-state index in [0.717, 1.165) is 18.4 Å². The molecule has 1 N–H and O–H groups in total. The summed E-state index contributed by atoms with van der Waals surface area (Å²) in [6.07, 6.45) is 5.13. The zero-order valence-corrected chi connectivity index (χ0v) is 7.79. The topological polar surface area (TPSA) is 80.4 Å². The first kappa shape index (κ1) is 8.34. The minimum atomic E-state index is -0.977. The smallest absolute Gasteiger partial charge is 0.355 e. The minimum Gasteiger partial charge on any atom is -0.476 e. The Kier molecular flexibility index (Phi) is 1.53. The molecule has 0 saturated heterocycles. The van der Waals surface area contributed by atoms with E-state index in [1.54, 1.807) is 6.20 Å². The molecule has 1 aliphatic rings. The summed E-state index contributed by atoms with van der Waals surface area (Å²) in [7, 11) is 0. The van der Waals surface area contributed by atoms with E-state index in [1.165, 1.54) is 10.7 Å². The molecule has 2 aromatic rings. The quantitative estimate of drug-likeness (QED) is 0.778. The molecule has 0 amide bonds. The van der Waals surface area contributed by atoms with E-state index < -0.39 is 5.97 Å². The summed E-state index contributed by atoms with van der Waals surface area (Å²) in [6, 6.07) is 0. The zero-order chi connectivity index (χ0) is 10.4. The van der Waals surface area contributed by atoms with E-state index in [4.69, 9.17) is 5.11 Å². The number of nitrogens with zero attached hydrogens (tertiary/aromatic N) is 4. The first-order valence-electron chi connectivity index (χ1n) is 4.70. The highest BCUT2D eigenvalue weighted by Crippen LogP contribution is 2.41. The van der Waals surface area contributed by atoms with Gasteiger partial charge in [0.05, 0.1) is 6.20 Å². The van der Waals surface area contributed by atoms with Gasteiger partial charge in [-0.25, -0.2) is 9.78 Å². The van der Waals surface area contributed by atoms with Crippen molar-refractivity contribution in [2.45, 2.75) is 18.8 Å². The summed E-state index contributed by atoms with van der Waals surface area (Å²) in [5.41, 5.74) is 1.43. The molecule has 0 bridgehead atoms. The number of aromatic carboxylic acids is 1. The second kappa shape index (κ2) is 2.75. The van der Waals surface area contributed by atoms with Crippen molar-refractivity contribution in [3.05, 3.63) is 23.7 Å². The minimum absolute atomic E-state index is 0.194. The van der Waals surface area contributed by atoms with Gasteiger partial charge in [-0.2, -0.15) is 4.52 Å². The molecule has 0 aliphatic heterocycles. The summed E-state index contributed by atoms with van der Waals surface area (Å²) in [4.78, 5) is 15.3. The number of carboxylic acids is 1. The molecule has 0 unspecified atom stereocenters. The van der Waals surface area contributed by atoms with Gasteiger partial charge in [0, 0.05) is 11.8 Å². The second-order valence-corrected chi connectivity index (χ2v) is 3.65. The number of hydrogen-bond acceptors (Lipinski definition) is 4. The molecule has 15 heavy (non-hydrogen) atoms. The Balaban J connectivity index is 2.33. The predicted octanol–water partition coefficient (Wildman–Crippen LogP) is 0.700. The maximum absolute atomic E-state index is 11.1. The van der Waals surface area contributed by atoms with Crippen LogP contribution in [-0.2, 0) is 0 Å². The van der Waals surface area contributed by atoms with Crippen molar-refractivity contribution in [3.63, 3.8) is 0 Å². The van der Waals surface area contributed by atoms with Gasteiger partial charge in [0.15, 0.2) is 11.3 Å². The molecule has 6 nitrogen and oxygen atoms in total. The number of carboxylic acid groups (broad SMARTS) is 1. The van der Waals surface area contributed by atoms with Crippen molar-refractivity contribution in [2.24, 2.45) is 0 Å². The van der Waals surface area contributed by atoms with E-state index in [9.17, 15) is 4.79 Å². The van der Waals surface area contributed by atoms with Crippen LogP contribution in [0.25, 0.3) is 5.65 Å². The van der Waals surface area contributed by atoms with Crippen LogP contribution in [0.3, 0.4) is 0 Å². The molecule has 1 aliphatic carbocycles. The Morgan fingerprint density at radius 2 is 2.27 bits per heavy atom. The fraction of sp³-hybridized carbons (Fsp3) is 0.333. The third-order valence-electron chi connectivity index (χ3n) is 2.57. The molecule has 2 aromatic heterocycles. The first-order valence-corrected chi connectivity index (χ1v) is 4.70. The molecule has 0 atom stereocenters. The largest absolute Gasteiger partial charge is 0.476 e. The number of aromatic nitrogens is 4. The second-order valence-electron chi connectivity index (χ2n) is 3.65. The van der Waals surface area contributed by atoms with Crippen molar-refractivity contribution < 1.29 is 9.90 Å². The molecule has 1 saturated carbocycles. The molecular formula is C9H8N4O2. The van der Waals surface area contributed by atoms with Gasteiger partial charge in [-0.15, -0.1) is 5.10 Å². The SMILES string of the molecule is O=C(O)c1c(C2CC2)cnc2cnnn12. The lowest BCUT2D eigenvalue weighted by Gasteiger charge is -2.04. The Hall–Kier alpha value is -1.98. The van der Waals surface area contributed by atoms with Crippen molar-refractivity contribution in [1.29, 1.82) is 0 Å². The first-order chi connectivity index (χ1) is 7.27. The van der Waals surface area contributed by atoms with Crippen LogP contribution in [0, 0.1) is 0 Å². The normalized spacial score (nSPS) is 15.7. The number of fused-ring (bicyclic) bond motifs is 1. The van der Waals surface area contributed by atoms with Crippen LogP contribution in [-0.4, -0.2) is 30.9 Å². The highest BCUT2D eigenvalue weighted by Gasteiger charge is 2.30. The number of carbonyl (C=O) groups is 1. The van der Waals surface area contributed by atoms with E-state index in [-0.39, 0.29) is 5.69 Å². The van der Waals surface area contributed by atoms with Gasteiger partial charge < -0.3 is 5.11 Å². The van der Waals surface area contributed by atoms with E-state index in [0.29, 0.717) is 11.6 Å². The number of hydrogen-bond donors (Lipinski definition) is 1. The van der Waals surface area contributed by atoms with Crippen LogP contribution in [0.15, 0.2) is 12.4 Å². The van der Waals surface area contributed by atoms with Gasteiger partial charge in [0.2, 0.25) is 0 Å².